The van der Waals surface area contributed by atoms with Crippen LogP contribution in [0.1, 0.15) is 29.8 Å². The molecule has 0 N–H and O–H groups in total. The number of carbonyl (C=O) groups is 1. The lowest BCUT2D eigenvalue weighted by molar-refractivity contribution is 0.0718. The Labute approximate surface area is 140 Å². The van der Waals surface area contributed by atoms with Crippen molar-refractivity contribution >= 4 is 5.91 Å². The van der Waals surface area contributed by atoms with Gasteiger partial charge in [-0.15, -0.1) is 5.10 Å². The SMILES string of the molecule is CCN(C[C@@H]1CCOC1)C(=O)c1nc(C)n(-c2ccc(F)cc2)n1. The van der Waals surface area contributed by atoms with Crippen LogP contribution in [0.15, 0.2) is 24.3 Å². The molecule has 128 valence electrons. The first-order valence-corrected chi connectivity index (χ1v) is 8.15. The van der Waals surface area contributed by atoms with E-state index < -0.39 is 0 Å². The average Bonchev–Trinajstić information content (AvgIpc) is 3.22. The van der Waals surface area contributed by atoms with Crippen LogP contribution >= 0.6 is 0 Å². The third-order valence-electron chi connectivity index (χ3n) is 4.20. The van der Waals surface area contributed by atoms with Gasteiger partial charge in [0.1, 0.15) is 11.6 Å². The highest BCUT2D eigenvalue weighted by Gasteiger charge is 2.25. The van der Waals surface area contributed by atoms with Crippen LogP contribution in [0.25, 0.3) is 5.69 Å². The van der Waals surface area contributed by atoms with E-state index in [1.807, 2.05) is 6.92 Å². The van der Waals surface area contributed by atoms with E-state index in [1.165, 1.54) is 12.1 Å². The van der Waals surface area contributed by atoms with Gasteiger partial charge in [-0.05, 0) is 44.5 Å². The van der Waals surface area contributed by atoms with Gasteiger partial charge in [-0.25, -0.2) is 14.1 Å². The highest BCUT2D eigenvalue weighted by Crippen LogP contribution is 2.16. The molecule has 6 nitrogen and oxygen atoms in total. The van der Waals surface area contributed by atoms with Crippen molar-refractivity contribution in [2.45, 2.75) is 20.3 Å². The summed E-state index contributed by atoms with van der Waals surface area (Å²) in [7, 11) is 0. The number of benzene rings is 1. The predicted octanol–water partition coefficient (Wildman–Crippen LogP) is 2.21. The van der Waals surface area contributed by atoms with Crippen LogP contribution in [0, 0.1) is 18.7 Å². The summed E-state index contributed by atoms with van der Waals surface area (Å²) >= 11 is 0. The van der Waals surface area contributed by atoms with Gasteiger partial charge < -0.3 is 9.64 Å². The monoisotopic (exact) mass is 332 g/mol. The highest BCUT2D eigenvalue weighted by molar-refractivity contribution is 5.90. The number of halogens is 1. The number of rotatable bonds is 5. The lowest BCUT2D eigenvalue weighted by atomic mass is 10.1. The van der Waals surface area contributed by atoms with Crippen molar-refractivity contribution in [3.05, 3.63) is 41.7 Å². The summed E-state index contributed by atoms with van der Waals surface area (Å²) in [6, 6.07) is 5.93. The minimum atomic E-state index is -0.316. The summed E-state index contributed by atoms with van der Waals surface area (Å²) in [5, 5.41) is 4.31. The second-order valence-electron chi connectivity index (χ2n) is 5.94. The number of ether oxygens (including phenoxy) is 1. The Hall–Kier alpha value is -2.28. The maximum absolute atomic E-state index is 13.1. The molecule has 0 spiro atoms. The molecule has 0 aliphatic carbocycles. The van der Waals surface area contributed by atoms with Gasteiger partial charge in [-0.1, -0.05) is 0 Å². The smallest absolute Gasteiger partial charge is 0.293 e. The molecule has 1 atom stereocenters. The summed E-state index contributed by atoms with van der Waals surface area (Å²) in [6.45, 7) is 6.41. The molecule has 1 aliphatic heterocycles. The molecule has 24 heavy (non-hydrogen) atoms. The number of hydrogen-bond donors (Lipinski definition) is 0. The van der Waals surface area contributed by atoms with Crippen LogP contribution < -0.4 is 0 Å². The molecule has 2 heterocycles. The molecule has 0 saturated carbocycles. The van der Waals surface area contributed by atoms with Gasteiger partial charge in [0.2, 0.25) is 5.82 Å². The van der Waals surface area contributed by atoms with Crippen LogP contribution in [0.5, 0.6) is 0 Å². The van der Waals surface area contributed by atoms with E-state index in [2.05, 4.69) is 10.1 Å². The predicted molar refractivity (Wildman–Crippen MR) is 86.6 cm³/mol. The van der Waals surface area contributed by atoms with Crippen LogP contribution in [-0.2, 0) is 4.74 Å². The van der Waals surface area contributed by atoms with Crippen LogP contribution in [0.4, 0.5) is 4.39 Å². The number of aromatic nitrogens is 3. The quantitative estimate of drug-likeness (QED) is 0.842. The van der Waals surface area contributed by atoms with Gasteiger partial charge in [-0.2, -0.15) is 0 Å². The Morgan fingerprint density at radius 3 is 2.79 bits per heavy atom. The Morgan fingerprint density at radius 1 is 1.42 bits per heavy atom. The Bertz CT molecular complexity index is 708. The molecule has 1 fully saturated rings. The molecular formula is C17H21FN4O2. The molecule has 1 aliphatic rings. The average molecular weight is 332 g/mol. The maximum Gasteiger partial charge on any atom is 0.293 e. The lowest BCUT2D eigenvalue weighted by Gasteiger charge is -2.22. The van der Waals surface area contributed by atoms with Crippen molar-refractivity contribution in [3.8, 4) is 5.69 Å². The van der Waals surface area contributed by atoms with Crippen molar-refractivity contribution in [1.82, 2.24) is 19.7 Å². The number of carbonyl (C=O) groups excluding carboxylic acids is 1. The first kappa shape index (κ1) is 16.6. The minimum absolute atomic E-state index is 0.164. The summed E-state index contributed by atoms with van der Waals surface area (Å²) in [4.78, 5) is 18.7. The third-order valence-corrected chi connectivity index (χ3v) is 4.20. The molecule has 3 rings (SSSR count). The fraction of sp³-hybridized carbons (Fsp3) is 0.471. The normalized spacial score (nSPS) is 17.2. The lowest BCUT2D eigenvalue weighted by Crippen LogP contribution is -2.36. The van der Waals surface area contributed by atoms with Crippen molar-refractivity contribution < 1.29 is 13.9 Å². The van der Waals surface area contributed by atoms with Gasteiger partial charge in [-0.3, -0.25) is 4.79 Å². The number of hydrogen-bond acceptors (Lipinski definition) is 4. The molecular weight excluding hydrogens is 311 g/mol. The topological polar surface area (TPSA) is 60.2 Å². The van der Waals surface area contributed by atoms with E-state index in [-0.39, 0.29) is 17.5 Å². The molecule has 0 radical (unpaired) electrons. The van der Waals surface area contributed by atoms with E-state index in [0.29, 0.717) is 37.1 Å². The highest BCUT2D eigenvalue weighted by atomic mass is 19.1. The Balaban J connectivity index is 1.79. The molecule has 2 aromatic rings. The van der Waals surface area contributed by atoms with Gasteiger partial charge in [0.25, 0.3) is 5.91 Å². The number of aryl methyl sites for hydroxylation is 1. The van der Waals surface area contributed by atoms with Gasteiger partial charge in [0, 0.05) is 25.6 Å². The number of amides is 1. The number of nitrogens with zero attached hydrogens (tertiary/aromatic N) is 4. The first-order chi connectivity index (χ1) is 11.6. The largest absolute Gasteiger partial charge is 0.381 e. The van der Waals surface area contributed by atoms with Gasteiger partial charge >= 0.3 is 0 Å². The molecule has 1 amide bonds. The van der Waals surface area contributed by atoms with Crippen molar-refractivity contribution in [3.63, 3.8) is 0 Å². The van der Waals surface area contributed by atoms with E-state index in [4.69, 9.17) is 4.74 Å². The summed E-state index contributed by atoms with van der Waals surface area (Å²) in [5.41, 5.74) is 0.674. The van der Waals surface area contributed by atoms with Gasteiger partial charge in [0.05, 0.1) is 12.3 Å². The summed E-state index contributed by atoms with van der Waals surface area (Å²) < 4.78 is 20.0. The van der Waals surface area contributed by atoms with Crippen LogP contribution in [0.3, 0.4) is 0 Å². The maximum atomic E-state index is 13.1. The molecule has 1 aromatic heterocycles. The van der Waals surface area contributed by atoms with Crippen molar-refractivity contribution in [2.75, 3.05) is 26.3 Å². The Kier molecular flexibility index (Phi) is 4.89. The molecule has 0 bridgehead atoms. The zero-order valence-electron chi connectivity index (χ0n) is 13.9. The molecule has 0 unspecified atom stereocenters. The first-order valence-electron chi connectivity index (χ1n) is 8.15. The fourth-order valence-electron chi connectivity index (χ4n) is 2.84. The van der Waals surface area contributed by atoms with E-state index in [0.717, 1.165) is 13.0 Å². The fourth-order valence-corrected chi connectivity index (χ4v) is 2.84. The zero-order valence-corrected chi connectivity index (χ0v) is 13.9. The van der Waals surface area contributed by atoms with Crippen LogP contribution in [0.2, 0.25) is 0 Å². The van der Waals surface area contributed by atoms with E-state index in [9.17, 15) is 9.18 Å². The Morgan fingerprint density at radius 2 is 2.17 bits per heavy atom. The second-order valence-corrected chi connectivity index (χ2v) is 5.94. The summed E-state index contributed by atoms with van der Waals surface area (Å²) in [6.07, 6.45) is 0.972. The van der Waals surface area contributed by atoms with E-state index >= 15 is 0 Å². The van der Waals surface area contributed by atoms with Gasteiger partial charge in [0.15, 0.2) is 0 Å². The zero-order chi connectivity index (χ0) is 17.1. The third kappa shape index (κ3) is 3.46. The molecule has 1 aromatic carbocycles. The standard InChI is InChI=1S/C17H21FN4O2/c1-3-21(10-13-8-9-24-11-13)17(23)16-19-12(2)22(20-16)15-6-4-14(18)5-7-15/h4-7,13H,3,8-11H2,1-2H3/t13-/m0/s1. The molecule has 1 saturated heterocycles. The second kappa shape index (κ2) is 7.09. The molecule has 7 heteroatoms. The minimum Gasteiger partial charge on any atom is -0.381 e. The summed E-state index contributed by atoms with van der Waals surface area (Å²) in [5.74, 6) is 0.620. The van der Waals surface area contributed by atoms with Crippen molar-refractivity contribution in [2.24, 2.45) is 5.92 Å². The van der Waals surface area contributed by atoms with Crippen LogP contribution in [-0.4, -0.2) is 51.9 Å². The van der Waals surface area contributed by atoms with Crippen molar-refractivity contribution in [1.29, 1.82) is 0 Å². The van der Waals surface area contributed by atoms with E-state index in [1.54, 1.807) is 28.6 Å².